The van der Waals surface area contributed by atoms with Crippen molar-refractivity contribution >= 4 is 0 Å². The highest BCUT2D eigenvalue weighted by atomic mass is 16.5. The molecule has 108 valence electrons. The summed E-state index contributed by atoms with van der Waals surface area (Å²) in [6, 6.07) is 0. The van der Waals surface area contributed by atoms with Crippen LogP contribution in [0.15, 0.2) is 18.7 Å². The molecule has 1 fully saturated rings. The molecule has 2 atom stereocenters. The Hall–Kier alpha value is -0.910. The summed E-state index contributed by atoms with van der Waals surface area (Å²) < 4.78 is 7.19. The molecule has 5 nitrogen and oxygen atoms in total. The minimum absolute atomic E-state index is 0.291. The molecule has 0 spiro atoms. The second kappa shape index (κ2) is 6.50. The fourth-order valence-electron chi connectivity index (χ4n) is 2.78. The standard InChI is InChI=1S/C14H25N3O2/c1-13-11-16(8-9-17-7-5-15-12-17)6-3-14(13,18)4-10-19-2/h5,7,12-13,18H,3-4,6,8-11H2,1-2H3/t13-,14-/m0/s1. The summed E-state index contributed by atoms with van der Waals surface area (Å²) in [5, 5.41) is 10.6. The summed E-state index contributed by atoms with van der Waals surface area (Å²) in [4.78, 5) is 6.47. The first-order valence-electron chi connectivity index (χ1n) is 7.03. The Balaban J connectivity index is 1.79. The van der Waals surface area contributed by atoms with Crippen LogP contribution in [0.2, 0.25) is 0 Å². The fraction of sp³-hybridized carbons (Fsp3) is 0.786. The van der Waals surface area contributed by atoms with E-state index in [9.17, 15) is 5.11 Å². The minimum Gasteiger partial charge on any atom is -0.389 e. The van der Waals surface area contributed by atoms with Crippen LogP contribution in [-0.2, 0) is 11.3 Å². The number of methoxy groups -OCH3 is 1. The molecule has 1 saturated heterocycles. The molecule has 0 amide bonds. The van der Waals surface area contributed by atoms with Gasteiger partial charge in [0, 0.05) is 52.3 Å². The molecule has 0 saturated carbocycles. The summed E-state index contributed by atoms with van der Waals surface area (Å²) in [5.41, 5.74) is -0.554. The maximum Gasteiger partial charge on any atom is 0.0946 e. The minimum atomic E-state index is -0.554. The van der Waals surface area contributed by atoms with Crippen molar-refractivity contribution in [3.05, 3.63) is 18.7 Å². The summed E-state index contributed by atoms with van der Waals surface area (Å²) in [7, 11) is 1.69. The summed E-state index contributed by atoms with van der Waals surface area (Å²) >= 11 is 0. The average Bonchev–Trinajstić information content (AvgIpc) is 2.91. The van der Waals surface area contributed by atoms with Crippen molar-refractivity contribution in [2.75, 3.05) is 33.4 Å². The lowest BCUT2D eigenvalue weighted by atomic mass is 9.80. The van der Waals surface area contributed by atoms with Gasteiger partial charge in [0.15, 0.2) is 0 Å². The molecular weight excluding hydrogens is 242 g/mol. The topological polar surface area (TPSA) is 50.5 Å². The first kappa shape index (κ1) is 14.5. The molecule has 0 unspecified atom stereocenters. The lowest BCUT2D eigenvalue weighted by molar-refractivity contribution is -0.0815. The number of likely N-dealkylation sites (tertiary alicyclic amines) is 1. The first-order chi connectivity index (χ1) is 9.14. The highest BCUT2D eigenvalue weighted by Crippen LogP contribution is 2.30. The quantitative estimate of drug-likeness (QED) is 0.835. The number of hydrogen-bond donors (Lipinski definition) is 1. The number of aliphatic hydroxyl groups is 1. The molecular formula is C14H25N3O2. The van der Waals surface area contributed by atoms with E-state index < -0.39 is 5.60 Å². The van der Waals surface area contributed by atoms with Crippen molar-refractivity contribution in [1.29, 1.82) is 0 Å². The van der Waals surface area contributed by atoms with Gasteiger partial charge < -0.3 is 19.3 Å². The lowest BCUT2D eigenvalue weighted by Crippen LogP contribution is -2.51. The van der Waals surface area contributed by atoms with E-state index in [0.29, 0.717) is 12.5 Å². The second-order valence-electron chi connectivity index (χ2n) is 5.60. The Kier molecular flexibility index (Phi) is 4.96. The SMILES string of the molecule is COCC[C@@]1(O)CCN(CCn2ccnc2)C[C@@H]1C. The van der Waals surface area contributed by atoms with Gasteiger partial charge in [-0.15, -0.1) is 0 Å². The first-order valence-corrected chi connectivity index (χ1v) is 7.03. The monoisotopic (exact) mass is 267 g/mol. The third kappa shape index (κ3) is 3.78. The van der Waals surface area contributed by atoms with Crippen LogP contribution in [0.25, 0.3) is 0 Å². The fourth-order valence-corrected chi connectivity index (χ4v) is 2.78. The van der Waals surface area contributed by atoms with Crippen LogP contribution < -0.4 is 0 Å². The molecule has 0 radical (unpaired) electrons. The number of hydrogen-bond acceptors (Lipinski definition) is 4. The van der Waals surface area contributed by atoms with Crippen molar-refractivity contribution in [3.63, 3.8) is 0 Å². The van der Waals surface area contributed by atoms with Crippen molar-refractivity contribution in [2.24, 2.45) is 5.92 Å². The number of imidazole rings is 1. The molecule has 0 aliphatic carbocycles. The summed E-state index contributed by atoms with van der Waals surface area (Å²) in [5.74, 6) is 0.291. The number of nitrogens with zero attached hydrogens (tertiary/aromatic N) is 3. The van der Waals surface area contributed by atoms with Crippen molar-refractivity contribution in [1.82, 2.24) is 14.5 Å². The van der Waals surface area contributed by atoms with Gasteiger partial charge in [0.25, 0.3) is 0 Å². The van der Waals surface area contributed by atoms with E-state index in [1.165, 1.54) is 0 Å². The molecule has 19 heavy (non-hydrogen) atoms. The lowest BCUT2D eigenvalue weighted by Gasteiger charge is -2.43. The summed E-state index contributed by atoms with van der Waals surface area (Å²) in [6.45, 7) is 6.66. The molecule has 1 aliphatic rings. The molecule has 0 bridgehead atoms. The molecule has 1 aromatic rings. The van der Waals surface area contributed by atoms with Gasteiger partial charge in [-0.3, -0.25) is 0 Å². The van der Waals surface area contributed by atoms with Gasteiger partial charge in [0.05, 0.1) is 11.9 Å². The predicted molar refractivity (Wildman–Crippen MR) is 73.9 cm³/mol. The van der Waals surface area contributed by atoms with Crippen LogP contribution in [0.3, 0.4) is 0 Å². The van der Waals surface area contributed by atoms with Crippen molar-refractivity contribution in [2.45, 2.75) is 31.9 Å². The van der Waals surface area contributed by atoms with Crippen LogP contribution in [0.4, 0.5) is 0 Å². The van der Waals surface area contributed by atoms with Crippen molar-refractivity contribution in [3.8, 4) is 0 Å². The zero-order valence-electron chi connectivity index (χ0n) is 12.0. The molecule has 1 N–H and O–H groups in total. The highest BCUT2D eigenvalue weighted by molar-refractivity contribution is 4.91. The Morgan fingerprint density at radius 1 is 1.47 bits per heavy atom. The Bertz CT molecular complexity index is 369. The molecule has 2 heterocycles. The molecule has 1 aliphatic heterocycles. The van der Waals surface area contributed by atoms with E-state index in [4.69, 9.17) is 4.74 Å². The van der Waals surface area contributed by atoms with E-state index in [0.717, 1.165) is 39.0 Å². The van der Waals surface area contributed by atoms with E-state index in [-0.39, 0.29) is 0 Å². The zero-order valence-corrected chi connectivity index (χ0v) is 12.0. The Morgan fingerprint density at radius 3 is 2.95 bits per heavy atom. The molecule has 1 aromatic heterocycles. The molecule has 5 heteroatoms. The van der Waals surface area contributed by atoms with E-state index >= 15 is 0 Å². The van der Waals surface area contributed by atoms with E-state index in [2.05, 4.69) is 21.4 Å². The van der Waals surface area contributed by atoms with Gasteiger partial charge in [0.2, 0.25) is 0 Å². The zero-order chi connectivity index (χ0) is 13.7. The number of aromatic nitrogens is 2. The van der Waals surface area contributed by atoms with Crippen molar-refractivity contribution < 1.29 is 9.84 Å². The van der Waals surface area contributed by atoms with E-state index in [1.54, 1.807) is 7.11 Å². The third-order valence-electron chi connectivity index (χ3n) is 4.28. The predicted octanol–water partition coefficient (Wildman–Crippen LogP) is 0.992. The Morgan fingerprint density at radius 2 is 2.32 bits per heavy atom. The number of piperidine rings is 1. The van der Waals surface area contributed by atoms with Crippen LogP contribution in [0.5, 0.6) is 0 Å². The van der Waals surface area contributed by atoms with Crippen LogP contribution in [0, 0.1) is 5.92 Å². The van der Waals surface area contributed by atoms with Gasteiger partial charge in [-0.2, -0.15) is 0 Å². The van der Waals surface area contributed by atoms with Gasteiger partial charge in [-0.1, -0.05) is 6.92 Å². The normalized spacial score (nSPS) is 28.7. The van der Waals surface area contributed by atoms with E-state index in [1.807, 2.05) is 18.7 Å². The maximum absolute atomic E-state index is 10.6. The smallest absolute Gasteiger partial charge is 0.0946 e. The number of ether oxygens (including phenoxy) is 1. The van der Waals surface area contributed by atoms with Gasteiger partial charge in [-0.05, 0) is 18.8 Å². The van der Waals surface area contributed by atoms with Gasteiger partial charge in [-0.25, -0.2) is 4.98 Å². The highest BCUT2D eigenvalue weighted by Gasteiger charge is 2.38. The van der Waals surface area contributed by atoms with Crippen LogP contribution in [-0.4, -0.2) is 58.5 Å². The van der Waals surface area contributed by atoms with Crippen LogP contribution >= 0.6 is 0 Å². The van der Waals surface area contributed by atoms with Gasteiger partial charge in [0.1, 0.15) is 0 Å². The Labute approximate surface area is 115 Å². The van der Waals surface area contributed by atoms with Crippen LogP contribution in [0.1, 0.15) is 19.8 Å². The molecule has 0 aromatic carbocycles. The average molecular weight is 267 g/mol. The largest absolute Gasteiger partial charge is 0.389 e. The third-order valence-corrected chi connectivity index (χ3v) is 4.28. The molecule has 2 rings (SSSR count). The van der Waals surface area contributed by atoms with Gasteiger partial charge >= 0.3 is 0 Å². The second-order valence-corrected chi connectivity index (χ2v) is 5.60. The number of rotatable bonds is 6. The summed E-state index contributed by atoms with van der Waals surface area (Å²) in [6.07, 6.45) is 7.22. The maximum atomic E-state index is 10.6.